The number of aldehydes is 1. The van der Waals surface area contributed by atoms with Crippen molar-refractivity contribution in [2.75, 3.05) is 78.5 Å². The number of carbonyl (C=O) groups excluding carboxylic acids is 3. The Balaban J connectivity index is 2.37. The number of carbonyl (C=O) groups is 4. The quantitative estimate of drug-likeness (QED) is 0.266. The number of hydrogen-bond acceptors (Lipinski definition) is 8. The van der Waals surface area contributed by atoms with Gasteiger partial charge in [0.1, 0.15) is 12.8 Å². The number of aliphatic carboxylic acids is 1. The predicted molar refractivity (Wildman–Crippen MR) is 98.3 cm³/mol. The zero-order valence-electron chi connectivity index (χ0n) is 15.5. The largest absolute Gasteiger partial charge is 0.480 e. The molecule has 1 rings (SSSR count). The van der Waals surface area contributed by atoms with Crippen molar-refractivity contribution >= 4 is 24.1 Å². The molecule has 1 heterocycles. The first-order valence-electron chi connectivity index (χ1n) is 9.06. The van der Waals surface area contributed by atoms with Crippen LogP contribution in [0.2, 0.25) is 0 Å². The van der Waals surface area contributed by atoms with Gasteiger partial charge >= 0.3 is 5.97 Å². The lowest BCUT2D eigenvalue weighted by molar-refractivity contribution is -0.138. The van der Waals surface area contributed by atoms with Crippen molar-refractivity contribution in [1.29, 1.82) is 0 Å². The van der Waals surface area contributed by atoms with Gasteiger partial charge in [0.25, 0.3) is 0 Å². The molecule has 0 unspecified atom stereocenters. The molecule has 0 aliphatic carbocycles. The lowest BCUT2D eigenvalue weighted by atomic mass is 10.3. The lowest BCUT2D eigenvalue weighted by Crippen LogP contribution is -2.47. The SMILES string of the molecule is O=CCNC(=O)CN1CCNCCN(CC(=O)NCC(=O)O)CCNCC1. The Morgan fingerprint density at radius 2 is 1.30 bits per heavy atom. The van der Waals surface area contributed by atoms with E-state index >= 15 is 0 Å². The molecule has 0 aromatic rings. The van der Waals surface area contributed by atoms with Gasteiger partial charge in [-0.15, -0.1) is 0 Å². The Hall–Kier alpha value is -2.08. The van der Waals surface area contributed by atoms with E-state index in [-0.39, 0.29) is 38.0 Å². The van der Waals surface area contributed by atoms with E-state index in [1.54, 1.807) is 0 Å². The standard InChI is InChI=1S/C16H30N6O5/c23-10-5-19-14(24)12-21-6-1-17-3-8-22(9-4-18-2-7-21)13-15(25)20-11-16(26)27/h10,17-18H,1-9,11-13H2,(H,19,24)(H,20,25)(H,26,27). The Kier molecular flexibility index (Phi) is 11.9. The minimum atomic E-state index is -1.07. The summed E-state index contributed by atoms with van der Waals surface area (Å²) in [5.41, 5.74) is 0. The van der Waals surface area contributed by atoms with Crippen LogP contribution in [0.3, 0.4) is 0 Å². The van der Waals surface area contributed by atoms with Gasteiger partial charge < -0.3 is 31.2 Å². The van der Waals surface area contributed by atoms with Crippen LogP contribution in [0.1, 0.15) is 0 Å². The summed E-state index contributed by atoms with van der Waals surface area (Å²) in [4.78, 5) is 48.3. The van der Waals surface area contributed by atoms with Crippen LogP contribution < -0.4 is 21.3 Å². The minimum absolute atomic E-state index is 0.0268. The highest BCUT2D eigenvalue weighted by Gasteiger charge is 2.13. The van der Waals surface area contributed by atoms with Crippen LogP contribution in [-0.4, -0.2) is 118 Å². The molecule has 1 saturated heterocycles. The zero-order chi connectivity index (χ0) is 19.9. The van der Waals surface area contributed by atoms with Crippen molar-refractivity contribution < 1.29 is 24.3 Å². The van der Waals surface area contributed by atoms with E-state index in [2.05, 4.69) is 21.3 Å². The Morgan fingerprint density at radius 1 is 0.852 bits per heavy atom. The first-order chi connectivity index (χ1) is 13.0. The Labute approximate surface area is 158 Å². The lowest BCUT2D eigenvalue weighted by Gasteiger charge is -2.26. The van der Waals surface area contributed by atoms with Gasteiger partial charge in [0.05, 0.1) is 19.6 Å². The fourth-order valence-corrected chi connectivity index (χ4v) is 2.59. The molecule has 0 aromatic carbocycles. The van der Waals surface area contributed by atoms with Gasteiger partial charge in [-0.25, -0.2) is 0 Å². The van der Waals surface area contributed by atoms with Crippen LogP contribution in [0.4, 0.5) is 0 Å². The fourth-order valence-electron chi connectivity index (χ4n) is 2.59. The maximum absolute atomic E-state index is 11.8. The summed E-state index contributed by atoms with van der Waals surface area (Å²) >= 11 is 0. The molecule has 5 N–H and O–H groups in total. The molecule has 11 heteroatoms. The van der Waals surface area contributed by atoms with Gasteiger partial charge in [-0.1, -0.05) is 0 Å². The van der Waals surface area contributed by atoms with Gasteiger partial charge in [0.2, 0.25) is 11.8 Å². The average Bonchev–Trinajstić information content (AvgIpc) is 2.62. The summed E-state index contributed by atoms with van der Waals surface area (Å²) in [7, 11) is 0. The van der Waals surface area contributed by atoms with E-state index in [1.807, 2.05) is 9.80 Å². The molecule has 11 nitrogen and oxygen atoms in total. The van der Waals surface area contributed by atoms with Crippen LogP contribution >= 0.6 is 0 Å². The zero-order valence-corrected chi connectivity index (χ0v) is 15.5. The molecule has 0 spiro atoms. The summed E-state index contributed by atoms with van der Waals surface area (Å²) < 4.78 is 0. The smallest absolute Gasteiger partial charge is 0.322 e. The molecule has 27 heavy (non-hydrogen) atoms. The molecule has 154 valence electrons. The summed E-state index contributed by atoms with van der Waals surface area (Å²) in [6.07, 6.45) is 0.658. The summed E-state index contributed by atoms with van der Waals surface area (Å²) in [5, 5.41) is 20.1. The van der Waals surface area contributed by atoms with Crippen molar-refractivity contribution in [3.63, 3.8) is 0 Å². The minimum Gasteiger partial charge on any atom is -0.480 e. The van der Waals surface area contributed by atoms with Gasteiger partial charge in [-0.2, -0.15) is 0 Å². The van der Waals surface area contributed by atoms with Crippen molar-refractivity contribution in [3.8, 4) is 0 Å². The first kappa shape index (κ1) is 23.0. The van der Waals surface area contributed by atoms with Crippen molar-refractivity contribution in [1.82, 2.24) is 31.1 Å². The summed E-state index contributed by atoms with van der Waals surface area (Å²) in [5.74, 6) is -1.55. The molecule has 1 fully saturated rings. The molecule has 0 saturated carbocycles. The molecular weight excluding hydrogens is 356 g/mol. The number of rotatable bonds is 8. The number of nitrogens with one attached hydrogen (secondary N) is 4. The van der Waals surface area contributed by atoms with E-state index in [4.69, 9.17) is 5.11 Å². The Bertz CT molecular complexity index is 476. The second-order valence-electron chi connectivity index (χ2n) is 6.19. The summed E-state index contributed by atoms with van der Waals surface area (Å²) in [6.45, 7) is 5.48. The summed E-state index contributed by atoms with van der Waals surface area (Å²) in [6, 6.07) is 0. The van der Waals surface area contributed by atoms with Crippen LogP contribution in [0, 0.1) is 0 Å². The number of carboxylic acid groups (broad SMARTS) is 1. The van der Waals surface area contributed by atoms with Crippen LogP contribution in [-0.2, 0) is 19.2 Å². The normalized spacial score (nSPS) is 17.9. The molecule has 0 aromatic heterocycles. The third-order valence-corrected chi connectivity index (χ3v) is 3.97. The predicted octanol–water partition coefficient (Wildman–Crippen LogP) is -3.70. The maximum Gasteiger partial charge on any atom is 0.322 e. The maximum atomic E-state index is 11.8. The van der Waals surface area contributed by atoms with E-state index < -0.39 is 5.97 Å². The molecule has 2 amide bonds. The molecule has 1 aliphatic rings. The van der Waals surface area contributed by atoms with E-state index in [9.17, 15) is 19.2 Å². The van der Waals surface area contributed by atoms with Crippen molar-refractivity contribution in [2.24, 2.45) is 0 Å². The number of carboxylic acids is 1. The second kappa shape index (κ2) is 14.0. The number of nitrogens with zero attached hydrogens (tertiary/aromatic N) is 2. The second-order valence-corrected chi connectivity index (χ2v) is 6.19. The monoisotopic (exact) mass is 386 g/mol. The molecule has 0 bridgehead atoms. The van der Waals surface area contributed by atoms with E-state index in [0.29, 0.717) is 58.6 Å². The molecule has 0 atom stereocenters. The van der Waals surface area contributed by atoms with Crippen LogP contribution in [0.25, 0.3) is 0 Å². The van der Waals surface area contributed by atoms with Gasteiger partial charge in [-0.3, -0.25) is 24.2 Å². The highest BCUT2D eigenvalue weighted by Crippen LogP contribution is 1.91. The third-order valence-electron chi connectivity index (χ3n) is 3.97. The van der Waals surface area contributed by atoms with Crippen LogP contribution in [0.5, 0.6) is 0 Å². The van der Waals surface area contributed by atoms with E-state index in [1.165, 1.54) is 0 Å². The van der Waals surface area contributed by atoms with E-state index in [0.717, 1.165) is 0 Å². The van der Waals surface area contributed by atoms with Gasteiger partial charge in [0.15, 0.2) is 0 Å². The van der Waals surface area contributed by atoms with Crippen molar-refractivity contribution in [3.05, 3.63) is 0 Å². The van der Waals surface area contributed by atoms with Crippen molar-refractivity contribution in [2.45, 2.75) is 0 Å². The third kappa shape index (κ3) is 12.0. The average molecular weight is 386 g/mol. The number of hydrogen-bond donors (Lipinski definition) is 5. The highest BCUT2D eigenvalue weighted by molar-refractivity contribution is 5.82. The molecule has 0 radical (unpaired) electrons. The van der Waals surface area contributed by atoms with Crippen LogP contribution in [0.15, 0.2) is 0 Å². The topological polar surface area (TPSA) is 143 Å². The first-order valence-corrected chi connectivity index (χ1v) is 9.06. The molecule has 1 aliphatic heterocycles. The highest BCUT2D eigenvalue weighted by atomic mass is 16.4. The Morgan fingerprint density at radius 3 is 1.70 bits per heavy atom. The number of amides is 2. The molecular formula is C16H30N6O5. The van der Waals surface area contributed by atoms with Gasteiger partial charge in [0, 0.05) is 52.4 Å². The fraction of sp³-hybridized carbons (Fsp3) is 0.750. The van der Waals surface area contributed by atoms with Gasteiger partial charge in [-0.05, 0) is 0 Å².